The summed E-state index contributed by atoms with van der Waals surface area (Å²) < 4.78 is 23.4. The number of primary sulfonamides is 1. The van der Waals surface area contributed by atoms with Crippen molar-refractivity contribution in [3.63, 3.8) is 0 Å². The number of hydrogen-bond acceptors (Lipinski definition) is 4. The first kappa shape index (κ1) is 12.9. The van der Waals surface area contributed by atoms with Crippen molar-refractivity contribution in [1.82, 2.24) is 5.32 Å². The van der Waals surface area contributed by atoms with Crippen molar-refractivity contribution < 1.29 is 8.42 Å². The number of fused-ring (bicyclic) bond motifs is 1. The van der Waals surface area contributed by atoms with Crippen LogP contribution in [0.4, 0.5) is 5.69 Å². The smallest absolute Gasteiger partial charge is 0.240 e. The largest absolute Gasteiger partial charge is 0.367 e. The van der Waals surface area contributed by atoms with Gasteiger partial charge in [-0.15, -0.1) is 0 Å². The van der Waals surface area contributed by atoms with E-state index in [0.717, 1.165) is 25.3 Å². The maximum absolute atomic E-state index is 11.7. The van der Waals surface area contributed by atoms with Crippen LogP contribution in [0.3, 0.4) is 0 Å². The quantitative estimate of drug-likeness (QED) is 0.821. The van der Waals surface area contributed by atoms with Crippen LogP contribution in [0.15, 0.2) is 29.2 Å². The van der Waals surface area contributed by atoms with Gasteiger partial charge in [-0.1, -0.05) is 12.1 Å². The average Bonchev–Trinajstić information content (AvgIpc) is 2.92. The molecular formula is C13H19N3O2S. The van der Waals surface area contributed by atoms with Gasteiger partial charge < -0.3 is 10.2 Å². The SMILES string of the molecule is CC1C2CNCC2CN1c1ccccc1S(N)(=O)=O. The van der Waals surface area contributed by atoms with Gasteiger partial charge in [-0.2, -0.15) is 0 Å². The van der Waals surface area contributed by atoms with Crippen LogP contribution in [-0.4, -0.2) is 34.1 Å². The molecule has 2 saturated heterocycles. The number of sulfonamides is 1. The molecule has 0 saturated carbocycles. The highest BCUT2D eigenvalue weighted by Gasteiger charge is 2.42. The molecule has 3 unspecified atom stereocenters. The zero-order valence-corrected chi connectivity index (χ0v) is 11.7. The van der Waals surface area contributed by atoms with E-state index >= 15 is 0 Å². The van der Waals surface area contributed by atoms with Crippen molar-refractivity contribution in [2.24, 2.45) is 17.0 Å². The molecule has 1 aromatic rings. The van der Waals surface area contributed by atoms with Crippen LogP contribution in [0, 0.1) is 11.8 Å². The van der Waals surface area contributed by atoms with Gasteiger partial charge >= 0.3 is 0 Å². The van der Waals surface area contributed by atoms with Crippen molar-refractivity contribution in [1.29, 1.82) is 0 Å². The Balaban J connectivity index is 2.00. The van der Waals surface area contributed by atoms with Gasteiger partial charge in [-0.05, 0) is 30.9 Å². The molecule has 3 atom stereocenters. The molecule has 19 heavy (non-hydrogen) atoms. The summed E-state index contributed by atoms with van der Waals surface area (Å²) in [5.41, 5.74) is 0.743. The minimum atomic E-state index is -3.68. The summed E-state index contributed by atoms with van der Waals surface area (Å²) in [5.74, 6) is 1.19. The Bertz CT molecular complexity index is 587. The number of para-hydroxylation sites is 1. The number of nitrogens with two attached hydrogens (primary N) is 1. The summed E-state index contributed by atoms with van der Waals surface area (Å²) in [6.45, 7) is 5.09. The van der Waals surface area contributed by atoms with E-state index in [2.05, 4.69) is 17.1 Å². The molecule has 1 aromatic carbocycles. The molecule has 104 valence electrons. The minimum absolute atomic E-state index is 0.231. The highest BCUT2D eigenvalue weighted by atomic mass is 32.2. The van der Waals surface area contributed by atoms with Crippen LogP contribution in [-0.2, 0) is 10.0 Å². The Hall–Kier alpha value is -1.11. The number of hydrogen-bond donors (Lipinski definition) is 2. The van der Waals surface area contributed by atoms with Crippen LogP contribution in [0.25, 0.3) is 0 Å². The molecule has 3 rings (SSSR count). The Kier molecular flexibility index (Phi) is 3.03. The van der Waals surface area contributed by atoms with Gasteiger partial charge in [-0.3, -0.25) is 0 Å². The molecule has 2 fully saturated rings. The number of anilines is 1. The topological polar surface area (TPSA) is 75.4 Å². The summed E-state index contributed by atoms with van der Waals surface area (Å²) in [6.07, 6.45) is 0. The first-order valence-electron chi connectivity index (χ1n) is 6.57. The fourth-order valence-electron chi connectivity index (χ4n) is 3.42. The molecule has 0 aliphatic carbocycles. The average molecular weight is 281 g/mol. The van der Waals surface area contributed by atoms with Crippen LogP contribution >= 0.6 is 0 Å². The molecule has 0 amide bonds. The van der Waals surface area contributed by atoms with Crippen LogP contribution in [0.2, 0.25) is 0 Å². The molecule has 6 heteroatoms. The van der Waals surface area contributed by atoms with Crippen molar-refractivity contribution in [3.05, 3.63) is 24.3 Å². The first-order chi connectivity index (χ1) is 8.98. The fraction of sp³-hybridized carbons (Fsp3) is 0.538. The van der Waals surface area contributed by atoms with Gasteiger partial charge in [0, 0.05) is 25.7 Å². The number of nitrogens with one attached hydrogen (secondary N) is 1. The molecular weight excluding hydrogens is 262 g/mol. The molecule has 2 aliphatic heterocycles. The summed E-state index contributed by atoms with van der Waals surface area (Å²) in [4.78, 5) is 2.42. The zero-order valence-electron chi connectivity index (χ0n) is 10.9. The molecule has 0 radical (unpaired) electrons. The zero-order chi connectivity index (χ0) is 13.6. The second-order valence-electron chi connectivity index (χ2n) is 5.49. The molecule has 2 heterocycles. The molecule has 5 nitrogen and oxygen atoms in total. The number of nitrogens with zero attached hydrogens (tertiary/aromatic N) is 1. The lowest BCUT2D eigenvalue weighted by Gasteiger charge is -2.28. The van der Waals surface area contributed by atoms with Gasteiger partial charge in [0.1, 0.15) is 4.90 Å². The predicted molar refractivity (Wildman–Crippen MR) is 74.5 cm³/mol. The van der Waals surface area contributed by atoms with Gasteiger partial charge in [0.05, 0.1) is 5.69 Å². The lowest BCUT2D eigenvalue weighted by molar-refractivity contribution is 0.471. The summed E-state index contributed by atoms with van der Waals surface area (Å²) in [5, 5.41) is 8.72. The summed E-state index contributed by atoms with van der Waals surface area (Å²) >= 11 is 0. The normalized spacial score (nSPS) is 30.6. The Morgan fingerprint density at radius 1 is 1.32 bits per heavy atom. The van der Waals surface area contributed by atoms with Gasteiger partial charge in [0.15, 0.2) is 0 Å². The van der Waals surface area contributed by atoms with E-state index < -0.39 is 10.0 Å². The molecule has 0 spiro atoms. The lowest BCUT2D eigenvalue weighted by atomic mass is 9.95. The third kappa shape index (κ3) is 2.13. The molecule has 3 N–H and O–H groups in total. The Morgan fingerprint density at radius 3 is 2.74 bits per heavy atom. The monoisotopic (exact) mass is 281 g/mol. The van der Waals surface area contributed by atoms with Crippen molar-refractivity contribution >= 4 is 15.7 Å². The third-order valence-corrected chi connectivity index (χ3v) is 5.37. The minimum Gasteiger partial charge on any atom is -0.367 e. The van der Waals surface area contributed by atoms with Crippen LogP contribution < -0.4 is 15.4 Å². The molecule has 0 bridgehead atoms. The maximum atomic E-state index is 11.7. The third-order valence-electron chi connectivity index (χ3n) is 4.42. The maximum Gasteiger partial charge on any atom is 0.240 e. The predicted octanol–water partition coefficient (Wildman–Crippen LogP) is 0.378. The van der Waals surface area contributed by atoms with E-state index in [4.69, 9.17) is 5.14 Å². The highest BCUT2D eigenvalue weighted by molar-refractivity contribution is 7.89. The Morgan fingerprint density at radius 2 is 2.05 bits per heavy atom. The Labute approximate surface area is 113 Å². The van der Waals surface area contributed by atoms with Crippen molar-refractivity contribution in [2.45, 2.75) is 17.9 Å². The van der Waals surface area contributed by atoms with Gasteiger partial charge in [0.2, 0.25) is 10.0 Å². The van der Waals surface area contributed by atoms with E-state index in [9.17, 15) is 8.42 Å². The molecule has 0 aromatic heterocycles. The standard InChI is InChI=1S/C13H19N3O2S/c1-9-11-7-15-6-10(11)8-16(9)12-4-2-3-5-13(12)19(14,17)18/h2-5,9-11,15H,6-8H2,1H3,(H2,14,17,18). The van der Waals surface area contributed by atoms with E-state index in [1.165, 1.54) is 0 Å². The van der Waals surface area contributed by atoms with Crippen LogP contribution in [0.1, 0.15) is 6.92 Å². The molecule has 2 aliphatic rings. The van der Waals surface area contributed by atoms with E-state index in [1.54, 1.807) is 12.1 Å². The van der Waals surface area contributed by atoms with E-state index in [0.29, 0.717) is 17.9 Å². The summed E-state index contributed by atoms with van der Waals surface area (Å²) in [7, 11) is -3.68. The van der Waals surface area contributed by atoms with E-state index in [-0.39, 0.29) is 4.90 Å². The van der Waals surface area contributed by atoms with Crippen LogP contribution in [0.5, 0.6) is 0 Å². The number of benzene rings is 1. The van der Waals surface area contributed by atoms with Crippen molar-refractivity contribution in [3.8, 4) is 0 Å². The second-order valence-corrected chi connectivity index (χ2v) is 7.02. The van der Waals surface area contributed by atoms with E-state index in [1.807, 2.05) is 12.1 Å². The van der Waals surface area contributed by atoms with Gasteiger partial charge in [0.25, 0.3) is 0 Å². The lowest BCUT2D eigenvalue weighted by Crippen LogP contribution is -2.34. The number of rotatable bonds is 2. The highest BCUT2D eigenvalue weighted by Crippen LogP contribution is 2.37. The van der Waals surface area contributed by atoms with Gasteiger partial charge in [-0.25, -0.2) is 13.6 Å². The first-order valence-corrected chi connectivity index (χ1v) is 8.12. The second kappa shape index (κ2) is 4.47. The van der Waals surface area contributed by atoms with Crippen molar-refractivity contribution in [2.75, 3.05) is 24.5 Å². The summed E-state index contributed by atoms with van der Waals surface area (Å²) in [6, 6.07) is 7.35. The fourth-order valence-corrected chi connectivity index (χ4v) is 4.17.